The van der Waals surface area contributed by atoms with Crippen LogP contribution in [0.1, 0.15) is 38.5 Å². The van der Waals surface area contributed by atoms with Gasteiger partial charge in [-0.1, -0.05) is 0 Å². The lowest BCUT2D eigenvalue weighted by Gasteiger charge is -2.22. The lowest BCUT2D eigenvalue weighted by atomic mass is 10.1. The lowest BCUT2D eigenvalue weighted by Crippen LogP contribution is -2.25. The van der Waals surface area contributed by atoms with Crippen molar-refractivity contribution in [3.63, 3.8) is 0 Å². The van der Waals surface area contributed by atoms with E-state index in [1.54, 1.807) is 6.92 Å². The van der Waals surface area contributed by atoms with E-state index < -0.39 is 12.0 Å². The van der Waals surface area contributed by atoms with Gasteiger partial charge in [0.05, 0.1) is 5.54 Å². The van der Waals surface area contributed by atoms with Gasteiger partial charge in [-0.25, -0.2) is 8.78 Å². The van der Waals surface area contributed by atoms with Crippen molar-refractivity contribution in [3.8, 4) is 0 Å². The van der Waals surface area contributed by atoms with Gasteiger partial charge in [0.2, 0.25) is 0 Å². The summed E-state index contributed by atoms with van der Waals surface area (Å²) in [6, 6.07) is 0. The molecule has 0 unspecified atom stereocenters. The van der Waals surface area contributed by atoms with E-state index in [0.717, 1.165) is 0 Å². The van der Waals surface area contributed by atoms with Crippen molar-refractivity contribution in [2.24, 2.45) is 0 Å². The van der Waals surface area contributed by atoms with Crippen LogP contribution in [0.25, 0.3) is 0 Å². The molecular formula is C9H13F2IN2. The summed E-state index contributed by atoms with van der Waals surface area (Å²) in [7, 11) is 0. The Morgan fingerprint density at radius 3 is 2.14 bits per heavy atom. The van der Waals surface area contributed by atoms with Gasteiger partial charge >= 0.3 is 0 Å². The van der Waals surface area contributed by atoms with Gasteiger partial charge in [0.25, 0.3) is 6.43 Å². The number of hydrogen-bond acceptors (Lipinski definition) is 1. The highest BCUT2D eigenvalue weighted by molar-refractivity contribution is 14.1. The zero-order valence-corrected chi connectivity index (χ0v) is 10.8. The van der Waals surface area contributed by atoms with E-state index in [1.807, 2.05) is 43.4 Å². The van der Waals surface area contributed by atoms with Gasteiger partial charge in [-0.2, -0.15) is 5.10 Å². The topological polar surface area (TPSA) is 17.8 Å². The van der Waals surface area contributed by atoms with Crippen molar-refractivity contribution >= 4 is 22.6 Å². The summed E-state index contributed by atoms with van der Waals surface area (Å²) < 4.78 is 27.6. The van der Waals surface area contributed by atoms with Gasteiger partial charge in [0.15, 0.2) is 0 Å². The predicted molar refractivity (Wildman–Crippen MR) is 59.6 cm³/mol. The Kier molecular flexibility index (Phi) is 3.18. The van der Waals surface area contributed by atoms with E-state index in [9.17, 15) is 8.78 Å². The van der Waals surface area contributed by atoms with Crippen LogP contribution in [0.3, 0.4) is 0 Å². The molecule has 1 heterocycles. The van der Waals surface area contributed by atoms with Gasteiger partial charge in [-0.05, 0) is 50.3 Å². The first-order chi connectivity index (χ1) is 6.25. The van der Waals surface area contributed by atoms with Crippen LogP contribution in [-0.4, -0.2) is 9.78 Å². The molecule has 1 aromatic heterocycles. The second-order valence-corrected chi connectivity index (χ2v) is 5.21. The molecule has 0 saturated carbocycles. The molecule has 1 aromatic rings. The van der Waals surface area contributed by atoms with Crippen LogP contribution in [0.4, 0.5) is 8.78 Å². The van der Waals surface area contributed by atoms with Crippen molar-refractivity contribution in [1.29, 1.82) is 0 Å². The van der Waals surface area contributed by atoms with Crippen LogP contribution in [0, 0.1) is 10.6 Å². The van der Waals surface area contributed by atoms with Crippen LogP contribution in [-0.2, 0) is 5.54 Å². The zero-order valence-electron chi connectivity index (χ0n) is 8.61. The predicted octanol–water partition coefficient (Wildman–Crippen LogP) is 3.49. The number of halogens is 3. The number of aromatic nitrogens is 2. The summed E-state index contributed by atoms with van der Waals surface area (Å²) in [6.07, 6.45) is -2.47. The molecule has 2 nitrogen and oxygen atoms in total. The third-order valence-corrected chi connectivity index (χ3v) is 2.98. The fraction of sp³-hybridized carbons (Fsp3) is 0.667. The molecule has 0 N–H and O–H groups in total. The van der Waals surface area contributed by atoms with Gasteiger partial charge in [0, 0.05) is 5.56 Å². The highest BCUT2D eigenvalue weighted by Crippen LogP contribution is 2.29. The Hall–Kier alpha value is -0.200. The minimum absolute atomic E-state index is 0.0295. The SMILES string of the molecule is Cc1c(I)nn(C(C)(C)C)c1C(F)F. The molecule has 0 atom stereocenters. The van der Waals surface area contributed by atoms with E-state index in [4.69, 9.17) is 0 Å². The van der Waals surface area contributed by atoms with E-state index in [-0.39, 0.29) is 5.69 Å². The summed E-state index contributed by atoms with van der Waals surface area (Å²) in [5.74, 6) is 0. The van der Waals surface area contributed by atoms with E-state index >= 15 is 0 Å². The van der Waals surface area contributed by atoms with Crippen molar-refractivity contribution < 1.29 is 8.78 Å². The molecule has 0 spiro atoms. The van der Waals surface area contributed by atoms with Crippen LogP contribution in [0.2, 0.25) is 0 Å². The Morgan fingerprint density at radius 1 is 1.36 bits per heavy atom. The lowest BCUT2D eigenvalue weighted by molar-refractivity contribution is 0.129. The average Bonchev–Trinajstić information content (AvgIpc) is 2.27. The van der Waals surface area contributed by atoms with Gasteiger partial charge in [0.1, 0.15) is 9.39 Å². The zero-order chi connectivity index (χ0) is 11.1. The molecule has 0 amide bonds. The van der Waals surface area contributed by atoms with Crippen molar-refractivity contribution in [2.45, 2.75) is 39.7 Å². The summed E-state index contributed by atoms with van der Waals surface area (Å²) in [5.41, 5.74) is 0.206. The minimum atomic E-state index is -2.47. The second kappa shape index (κ2) is 3.75. The Morgan fingerprint density at radius 2 is 1.86 bits per heavy atom. The fourth-order valence-electron chi connectivity index (χ4n) is 1.25. The normalized spacial score (nSPS) is 12.6. The molecule has 0 radical (unpaired) electrons. The quantitative estimate of drug-likeness (QED) is 0.726. The Balaban J connectivity index is 3.37. The van der Waals surface area contributed by atoms with E-state index in [2.05, 4.69) is 5.10 Å². The van der Waals surface area contributed by atoms with Crippen LogP contribution in [0.5, 0.6) is 0 Å². The van der Waals surface area contributed by atoms with Gasteiger partial charge in [-0.15, -0.1) is 0 Å². The average molecular weight is 314 g/mol. The summed E-state index contributed by atoms with van der Waals surface area (Å²) >= 11 is 1.98. The summed E-state index contributed by atoms with van der Waals surface area (Å²) in [6.45, 7) is 7.27. The van der Waals surface area contributed by atoms with Gasteiger partial charge < -0.3 is 0 Å². The molecule has 0 aliphatic carbocycles. The van der Waals surface area contributed by atoms with E-state index in [1.165, 1.54) is 4.68 Å². The maximum absolute atomic E-state index is 12.8. The first kappa shape index (κ1) is 11.9. The molecule has 5 heteroatoms. The highest BCUT2D eigenvalue weighted by Gasteiger charge is 2.27. The van der Waals surface area contributed by atoms with Crippen LogP contribution < -0.4 is 0 Å². The van der Waals surface area contributed by atoms with Crippen molar-refractivity contribution in [3.05, 3.63) is 15.0 Å². The summed E-state index contributed by atoms with van der Waals surface area (Å²) in [4.78, 5) is 0. The highest BCUT2D eigenvalue weighted by atomic mass is 127. The minimum Gasteiger partial charge on any atom is -0.257 e. The first-order valence-electron chi connectivity index (χ1n) is 4.28. The Labute approximate surface area is 95.8 Å². The molecule has 0 fully saturated rings. The molecule has 80 valence electrons. The molecule has 14 heavy (non-hydrogen) atoms. The Bertz CT molecular complexity index is 339. The van der Waals surface area contributed by atoms with Crippen LogP contribution >= 0.6 is 22.6 Å². The fourth-order valence-corrected chi connectivity index (χ4v) is 1.74. The standard InChI is InChI=1S/C9H13F2IN2/c1-5-6(7(10)11)14(9(2,3)4)13-8(5)12/h7H,1-4H3. The van der Waals surface area contributed by atoms with Gasteiger partial charge in [-0.3, -0.25) is 4.68 Å². The molecule has 1 rings (SSSR count). The number of alkyl halides is 2. The molecule has 0 aromatic carbocycles. The number of hydrogen-bond donors (Lipinski definition) is 0. The third-order valence-electron chi connectivity index (χ3n) is 1.95. The number of rotatable bonds is 1. The van der Waals surface area contributed by atoms with Crippen LogP contribution in [0.15, 0.2) is 0 Å². The maximum atomic E-state index is 12.8. The van der Waals surface area contributed by atoms with E-state index in [0.29, 0.717) is 9.26 Å². The second-order valence-electron chi connectivity index (χ2n) is 4.18. The smallest absolute Gasteiger partial charge is 0.257 e. The monoisotopic (exact) mass is 314 g/mol. The third kappa shape index (κ3) is 2.07. The maximum Gasteiger partial charge on any atom is 0.280 e. The number of nitrogens with zero attached hydrogens (tertiary/aromatic N) is 2. The largest absolute Gasteiger partial charge is 0.280 e. The molecule has 0 aliphatic heterocycles. The molecule has 0 aliphatic rings. The molecule has 0 saturated heterocycles. The molecular weight excluding hydrogens is 301 g/mol. The first-order valence-corrected chi connectivity index (χ1v) is 5.36. The molecule has 0 bridgehead atoms. The van der Waals surface area contributed by atoms with Crippen molar-refractivity contribution in [1.82, 2.24) is 9.78 Å². The summed E-state index contributed by atoms with van der Waals surface area (Å²) in [5, 5.41) is 4.13. The van der Waals surface area contributed by atoms with Crippen molar-refractivity contribution in [2.75, 3.05) is 0 Å².